The van der Waals surface area contributed by atoms with Gasteiger partial charge in [0.25, 0.3) is 0 Å². The van der Waals surface area contributed by atoms with Crippen molar-refractivity contribution < 1.29 is 0 Å². The summed E-state index contributed by atoms with van der Waals surface area (Å²) >= 11 is 0. The molecule has 11 heavy (non-hydrogen) atoms. The van der Waals surface area contributed by atoms with Crippen molar-refractivity contribution in [3.63, 3.8) is 0 Å². The molecular formula is C10H21N. The van der Waals surface area contributed by atoms with Crippen LogP contribution in [0.5, 0.6) is 0 Å². The normalized spacial score (nSPS) is 39.5. The third-order valence-corrected chi connectivity index (χ3v) is 3.28. The molecule has 1 heterocycles. The van der Waals surface area contributed by atoms with E-state index in [0.717, 1.165) is 23.7 Å². The van der Waals surface area contributed by atoms with Gasteiger partial charge in [-0.15, -0.1) is 0 Å². The Balaban J connectivity index is 2.51. The van der Waals surface area contributed by atoms with E-state index in [0.29, 0.717) is 0 Å². The second-order valence-corrected chi connectivity index (χ2v) is 4.40. The maximum Gasteiger partial charge on any atom is -0.00153 e. The lowest BCUT2D eigenvalue weighted by atomic mass is 9.75. The molecule has 3 atom stereocenters. The Morgan fingerprint density at radius 2 is 1.82 bits per heavy atom. The maximum atomic E-state index is 3.50. The van der Waals surface area contributed by atoms with Crippen LogP contribution in [0, 0.1) is 23.7 Å². The molecular weight excluding hydrogens is 134 g/mol. The van der Waals surface area contributed by atoms with Gasteiger partial charge in [-0.3, -0.25) is 0 Å². The van der Waals surface area contributed by atoms with Crippen LogP contribution >= 0.6 is 0 Å². The Hall–Kier alpha value is -0.0400. The van der Waals surface area contributed by atoms with Crippen molar-refractivity contribution in [3.05, 3.63) is 0 Å². The van der Waals surface area contributed by atoms with E-state index in [1.807, 2.05) is 0 Å². The highest BCUT2D eigenvalue weighted by atomic mass is 14.9. The van der Waals surface area contributed by atoms with Crippen LogP contribution in [0.4, 0.5) is 0 Å². The van der Waals surface area contributed by atoms with E-state index in [9.17, 15) is 0 Å². The SMILES string of the molecule is CC(C)C1CNCC(C)C1C. The minimum absolute atomic E-state index is 0.834. The van der Waals surface area contributed by atoms with Gasteiger partial charge in [0.15, 0.2) is 0 Å². The fourth-order valence-corrected chi connectivity index (χ4v) is 2.11. The maximum absolute atomic E-state index is 3.50. The summed E-state index contributed by atoms with van der Waals surface area (Å²) in [5.41, 5.74) is 0. The van der Waals surface area contributed by atoms with Gasteiger partial charge in [-0.25, -0.2) is 0 Å². The van der Waals surface area contributed by atoms with Gasteiger partial charge in [-0.2, -0.15) is 0 Å². The zero-order valence-corrected chi connectivity index (χ0v) is 8.22. The van der Waals surface area contributed by atoms with E-state index >= 15 is 0 Å². The molecule has 0 aromatic rings. The highest BCUT2D eigenvalue weighted by Crippen LogP contribution is 2.28. The molecule has 3 unspecified atom stereocenters. The van der Waals surface area contributed by atoms with Gasteiger partial charge >= 0.3 is 0 Å². The largest absolute Gasteiger partial charge is 0.316 e. The lowest BCUT2D eigenvalue weighted by molar-refractivity contribution is 0.156. The second-order valence-electron chi connectivity index (χ2n) is 4.40. The average molecular weight is 155 g/mol. The van der Waals surface area contributed by atoms with E-state index in [1.54, 1.807) is 0 Å². The molecule has 0 radical (unpaired) electrons. The summed E-state index contributed by atoms with van der Waals surface area (Å²) in [5, 5.41) is 3.50. The molecule has 1 aliphatic heterocycles. The van der Waals surface area contributed by atoms with E-state index < -0.39 is 0 Å². The average Bonchev–Trinajstić information content (AvgIpc) is 1.94. The fourth-order valence-electron chi connectivity index (χ4n) is 2.11. The smallest absolute Gasteiger partial charge is 0.00153 e. The third-order valence-electron chi connectivity index (χ3n) is 3.28. The molecule has 0 saturated carbocycles. The Labute approximate surface area is 70.6 Å². The highest BCUT2D eigenvalue weighted by molar-refractivity contribution is 4.81. The standard InChI is InChI=1S/C10H21N/c1-7(2)10-6-11-5-8(3)9(10)4/h7-11H,5-6H2,1-4H3. The van der Waals surface area contributed by atoms with E-state index in [4.69, 9.17) is 0 Å². The Morgan fingerprint density at radius 1 is 1.18 bits per heavy atom. The van der Waals surface area contributed by atoms with Crippen molar-refractivity contribution in [2.45, 2.75) is 27.7 Å². The van der Waals surface area contributed by atoms with Gasteiger partial charge in [0.2, 0.25) is 0 Å². The van der Waals surface area contributed by atoms with E-state index in [-0.39, 0.29) is 0 Å². The lowest BCUT2D eigenvalue weighted by Gasteiger charge is -2.37. The molecule has 0 aliphatic carbocycles. The van der Waals surface area contributed by atoms with Gasteiger partial charge < -0.3 is 5.32 Å². The van der Waals surface area contributed by atoms with Gasteiger partial charge in [-0.1, -0.05) is 27.7 Å². The van der Waals surface area contributed by atoms with Crippen LogP contribution in [-0.2, 0) is 0 Å². The minimum atomic E-state index is 0.834. The van der Waals surface area contributed by atoms with E-state index in [2.05, 4.69) is 33.0 Å². The second kappa shape index (κ2) is 3.57. The Morgan fingerprint density at radius 3 is 2.27 bits per heavy atom. The molecule has 1 rings (SSSR count). The summed E-state index contributed by atoms with van der Waals surface area (Å²) in [6.07, 6.45) is 0. The van der Waals surface area contributed by atoms with Gasteiger partial charge in [0.05, 0.1) is 0 Å². The van der Waals surface area contributed by atoms with Crippen LogP contribution in [0.15, 0.2) is 0 Å². The number of nitrogens with one attached hydrogen (secondary N) is 1. The van der Waals surface area contributed by atoms with Crippen LogP contribution in [0.3, 0.4) is 0 Å². The van der Waals surface area contributed by atoms with E-state index in [1.165, 1.54) is 13.1 Å². The molecule has 0 aromatic heterocycles. The molecule has 1 fully saturated rings. The fraction of sp³-hybridized carbons (Fsp3) is 1.00. The molecule has 0 amide bonds. The molecule has 1 saturated heterocycles. The summed E-state index contributed by atoms with van der Waals surface area (Å²) in [7, 11) is 0. The summed E-state index contributed by atoms with van der Waals surface area (Å²) in [6.45, 7) is 11.9. The molecule has 1 nitrogen and oxygen atoms in total. The van der Waals surface area contributed by atoms with Crippen molar-refractivity contribution in [3.8, 4) is 0 Å². The van der Waals surface area contributed by atoms with Crippen LogP contribution < -0.4 is 5.32 Å². The zero-order valence-electron chi connectivity index (χ0n) is 8.22. The van der Waals surface area contributed by atoms with Crippen LogP contribution in [-0.4, -0.2) is 13.1 Å². The Bertz CT molecular complexity index is 120. The monoisotopic (exact) mass is 155 g/mol. The summed E-state index contributed by atoms with van der Waals surface area (Å²) in [4.78, 5) is 0. The van der Waals surface area contributed by atoms with Crippen LogP contribution in [0.25, 0.3) is 0 Å². The number of hydrogen-bond acceptors (Lipinski definition) is 1. The highest BCUT2D eigenvalue weighted by Gasteiger charge is 2.28. The number of piperidine rings is 1. The van der Waals surface area contributed by atoms with Crippen molar-refractivity contribution in [2.24, 2.45) is 23.7 Å². The first-order valence-electron chi connectivity index (χ1n) is 4.83. The predicted octanol–water partition coefficient (Wildman–Crippen LogP) is 2.13. The lowest BCUT2D eigenvalue weighted by Crippen LogP contribution is -2.43. The Kier molecular flexibility index (Phi) is 2.94. The molecule has 0 aromatic carbocycles. The first-order valence-corrected chi connectivity index (χ1v) is 4.83. The van der Waals surface area contributed by atoms with Gasteiger partial charge in [0.1, 0.15) is 0 Å². The van der Waals surface area contributed by atoms with Crippen molar-refractivity contribution in [2.75, 3.05) is 13.1 Å². The number of rotatable bonds is 1. The molecule has 1 heteroatoms. The molecule has 0 spiro atoms. The molecule has 1 N–H and O–H groups in total. The van der Waals surface area contributed by atoms with Crippen molar-refractivity contribution in [1.29, 1.82) is 0 Å². The quantitative estimate of drug-likeness (QED) is 0.611. The first-order chi connectivity index (χ1) is 5.13. The van der Waals surface area contributed by atoms with Gasteiger partial charge in [0, 0.05) is 0 Å². The summed E-state index contributed by atoms with van der Waals surface area (Å²) < 4.78 is 0. The zero-order chi connectivity index (χ0) is 8.43. The predicted molar refractivity (Wildman–Crippen MR) is 49.5 cm³/mol. The van der Waals surface area contributed by atoms with Crippen molar-refractivity contribution in [1.82, 2.24) is 5.32 Å². The molecule has 0 bridgehead atoms. The summed E-state index contributed by atoms with van der Waals surface area (Å²) in [5.74, 6) is 3.48. The topological polar surface area (TPSA) is 12.0 Å². The van der Waals surface area contributed by atoms with Crippen LogP contribution in [0.1, 0.15) is 27.7 Å². The van der Waals surface area contributed by atoms with Gasteiger partial charge in [-0.05, 0) is 36.8 Å². The van der Waals surface area contributed by atoms with Crippen molar-refractivity contribution >= 4 is 0 Å². The minimum Gasteiger partial charge on any atom is -0.316 e. The molecule has 66 valence electrons. The molecule has 1 aliphatic rings. The first kappa shape index (κ1) is 9.05. The third kappa shape index (κ3) is 1.96. The number of hydrogen-bond donors (Lipinski definition) is 1. The summed E-state index contributed by atoms with van der Waals surface area (Å²) in [6, 6.07) is 0. The van der Waals surface area contributed by atoms with Crippen LogP contribution in [0.2, 0.25) is 0 Å².